The van der Waals surface area contributed by atoms with Crippen molar-refractivity contribution in [2.24, 2.45) is 7.05 Å². The monoisotopic (exact) mass is 366 g/mol. The van der Waals surface area contributed by atoms with Gasteiger partial charge in [0.15, 0.2) is 0 Å². The van der Waals surface area contributed by atoms with Crippen LogP contribution >= 0.6 is 11.8 Å². The standard InChI is InChI=1S/C20H22N4OS/c1-13-5-3-4-6-16(13)17-11-14-12-21-20(22-15-7-9-26-10-8-15)23-18(14)24(2)19(17)25/h3-6,11-12,15H,7-10H2,1-2H3,(H,21,22,23). The predicted octanol–water partition coefficient (Wildman–Crippen LogP) is 3.61. The van der Waals surface area contributed by atoms with E-state index in [2.05, 4.69) is 15.3 Å². The summed E-state index contributed by atoms with van der Waals surface area (Å²) in [4.78, 5) is 22.0. The molecule has 3 heterocycles. The van der Waals surface area contributed by atoms with Crippen molar-refractivity contribution in [3.05, 3.63) is 52.4 Å². The number of aryl methyl sites for hydroxylation is 2. The molecule has 26 heavy (non-hydrogen) atoms. The summed E-state index contributed by atoms with van der Waals surface area (Å²) < 4.78 is 1.63. The van der Waals surface area contributed by atoms with Crippen LogP contribution in [0.2, 0.25) is 0 Å². The first-order valence-electron chi connectivity index (χ1n) is 8.90. The molecule has 0 unspecified atom stereocenters. The maximum absolute atomic E-state index is 12.9. The Balaban J connectivity index is 1.76. The summed E-state index contributed by atoms with van der Waals surface area (Å²) in [6.07, 6.45) is 4.05. The zero-order valence-corrected chi connectivity index (χ0v) is 15.8. The Bertz CT molecular complexity index is 1010. The molecular formula is C20H22N4OS. The number of aromatic nitrogens is 3. The number of hydrogen-bond acceptors (Lipinski definition) is 5. The molecule has 5 nitrogen and oxygen atoms in total. The summed E-state index contributed by atoms with van der Waals surface area (Å²) in [5.74, 6) is 2.94. The fraction of sp³-hybridized carbons (Fsp3) is 0.350. The number of benzene rings is 1. The zero-order valence-electron chi connectivity index (χ0n) is 15.0. The van der Waals surface area contributed by atoms with E-state index in [-0.39, 0.29) is 5.56 Å². The maximum atomic E-state index is 12.9. The molecule has 3 aromatic rings. The van der Waals surface area contributed by atoms with Gasteiger partial charge in [0.2, 0.25) is 5.95 Å². The Hall–Kier alpha value is -2.34. The minimum atomic E-state index is -0.0366. The van der Waals surface area contributed by atoms with Crippen LogP contribution in [-0.4, -0.2) is 32.1 Å². The van der Waals surface area contributed by atoms with Crippen molar-refractivity contribution in [2.45, 2.75) is 25.8 Å². The Labute approximate surface area is 156 Å². The number of anilines is 1. The number of hydrogen-bond donors (Lipinski definition) is 1. The molecule has 1 fully saturated rings. The smallest absolute Gasteiger partial charge is 0.259 e. The Morgan fingerprint density at radius 1 is 1.19 bits per heavy atom. The summed E-state index contributed by atoms with van der Waals surface area (Å²) in [5, 5.41) is 4.29. The summed E-state index contributed by atoms with van der Waals surface area (Å²) in [7, 11) is 1.78. The lowest BCUT2D eigenvalue weighted by Gasteiger charge is -2.22. The molecule has 6 heteroatoms. The van der Waals surface area contributed by atoms with E-state index < -0.39 is 0 Å². The van der Waals surface area contributed by atoms with E-state index in [1.54, 1.807) is 11.6 Å². The van der Waals surface area contributed by atoms with Crippen molar-refractivity contribution in [3.63, 3.8) is 0 Å². The van der Waals surface area contributed by atoms with Crippen molar-refractivity contribution in [1.82, 2.24) is 14.5 Å². The van der Waals surface area contributed by atoms with E-state index in [0.29, 0.717) is 23.2 Å². The molecule has 4 rings (SSSR count). The van der Waals surface area contributed by atoms with Crippen LogP contribution in [0.5, 0.6) is 0 Å². The molecule has 1 saturated heterocycles. The molecule has 1 aliphatic heterocycles. The number of nitrogens with zero attached hydrogens (tertiary/aromatic N) is 3. The molecule has 1 N–H and O–H groups in total. The van der Waals surface area contributed by atoms with E-state index in [1.807, 2.05) is 55.2 Å². The van der Waals surface area contributed by atoms with Gasteiger partial charge < -0.3 is 5.32 Å². The van der Waals surface area contributed by atoms with Gasteiger partial charge in [0, 0.05) is 30.2 Å². The van der Waals surface area contributed by atoms with Crippen molar-refractivity contribution < 1.29 is 0 Å². The second kappa shape index (κ2) is 7.11. The minimum Gasteiger partial charge on any atom is -0.351 e. The largest absolute Gasteiger partial charge is 0.351 e. The minimum absolute atomic E-state index is 0.0366. The molecule has 0 spiro atoms. The lowest BCUT2D eigenvalue weighted by Crippen LogP contribution is -2.26. The second-order valence-corrected chi connectivity index (χ2v) is 7.97. The molecule has 134 valence electrons. The third-order valence-corrected chi connectivity index (χ3v) is 5.99. The van der Waals surface area contributed by atoms with Crippen LogP contribution in [0.4, 0.5) is 5.95 Å². The second-order valence-electron chi connectivity index (χ2n) is 6.74. The lowest BCUT2D eigenvalue weighted by atomic mass is 10.0. The number of nitrogens with one attached hydrogen (secondary N) is 1. The zero-order chi connectivity index (χ0) is 18.1. The van der Waals surface area contributed by atoms with Crippen molar-refractivity contribution in [2.75, 3.05) is 16.8 Å². The van der Waals surface area contributed by atoms with Crippen molar-refractivity contribution in [3.8, 4) is 11.1 Å². The summed E-state index contributed by atoms with van der Waals surface area (Å²) in [6.45, 7) is 2.02. The van der Waals surface area contributed by atoms with Gasteiger partial charge in [0.1, 0.15) is 5.65 Å². The SMILES string of the molecule is Cc1ccccc1-c1cc2cnc(NC3CCSCC3)nc2n(C)c1=O. The average Bonchev–Trinajstić information content (AvgIpc) is 2.66. The molecule has 0 amide bonds. The highest BCUT2D eigenvalue weighted by Gasteiger charge is 2.16. The molecule has 0 atom stereocenters. The number of rotatable bonds is 3. The van der Waals surface area contributed by atoms with Crippen LogP contribution in [0.3, 0.4) is 0 Å². The highest BCUT2D eigenvalue weighted by molar-refractivity contribution is 7.99. The molecule has 2 aromatic heterocycles. The molecule has 0 aliphatic carbocycles. The van der Waals surface area contributed by atoms with Crippen LogP contribution in [0.25, 0.3) is 22.2 Å². The molecule has 1 aliphatic rings. The van der Waals surface area contributed by atoms with E-state index in [9.17, 15) is 4.79 Å². The van der Waals surface area contributed by atoms with E-state index in [1.165, 1.54) is 11.5 Å². The van der Waals surface area contributed by atoms with Gasteiger partial charge >= 0.3 is 0 Å². The van der Waals surface area contributed by atoms with Gasteiger partial charge in [-0.25, -0.2) is 4.98 Å². The molecule has 0 bridgehead atoms. The van der Waals surface area contributed by atoms with Gasteiger partial charge in [0.05, 0.1) is 0 Å². The summed E-state index contributed by atoms with van der Waals surface area (Å²) in [6, 6.07) is 10.3. The van der Waals surface area contributed by atoms with Crippen LogP contribution in [0, 0.1) is 6.92 Å². The topological polar surface area (TPSA) is 59.8 Å². The first-order chi connectivity index (χ1) is 12.6. The summed E-state index contributed by atoms with van der Waals surface area (Å²) in [5.41, 5.74) is 3.35. The van der Waals surface area contributed by atoms with Gasteiger partial charge in [-0.2, -0.15) is 16.7 Å². The van der Waals surface area contributed by atoms with E-state index >= 15 is 0 Å². The normalized spacial score (nSPS) is 15.3. The van der Waals surface area contributed by atoms with Gasteiger partial charge in [-0.3, -0.25) is 9.36 Å². The summed E-state index contributed by atoms with van der Waals surface area (Å²) >= 11 is 1.99. The van der Waals surface area contributed by atoms with Gasteiger partial charge in [-0.05, 0) is 48.5 Å². The number of pyridine rings is 1. The maximum Gasteiger partial charge on any atom is 0.259 e. The predicted molar refractivity (Wildman–Crippen MR) is 109 cm³/mol. The Kier molecular flexibility index (Phi) is 4.68. The Morgan fingerprint density at radius 2 is 1.96 bits per heavy atom. The first kappa shape index (κ1) is 17.1. The van der Waals surface area contributed by atoms with Crippen LogP contribution in [0.1, 0.15) is 18.4 Å². The van der Waals surface area contributed by atoms with Crippen LogP contribution < -0.4 is 10.9 Å². The fourth-order valence-electron chi connectivity index (χ4n) is 3.41. The van der Waals surface area contributed by atoms with Crippen molar-refractivity contribution >= 4 is 28.7 Å². The van der Waals surface area contributed by atoms with Crippen LogP contribution in [-0.2, 0) is 7.05 Å². The number of fused-ring (bicyclic) bond motifs is 1. The molecular weight excluding hydrogens is 344 g/mol. The lowest BCUT2D eigenvalue weighted by molar-refractivity contribution is 0.660. The van der Waals surface area contributed by atoms with Crippen LogP contribution in [0.15, 0.2) is 41.3 Å². The van der Waals surface area contributed by atoms with Gasteiger partial charge in [0.25, 0.3) is 5.56 Å². The first-order valence-corrected chi connectivity index (χ1v) is 10.1. The van der Waals surface area contributed by atoms with Gasteiger partial charge in [-0.1, -0.05) is 24.3 Å². The fourth-order valence-corrected chi connectivity index (χ4v) is 4.52. The highest BCUT2D eigenvalue weighted by atomic mass is 32.2. The quantitative estimate of drug-likeness (QED) is 0.767. The average molecular weight is 366 g/mol. The van der Waals surface area contributed by atoms with E-state index in [0.717, 1.165) is 29.4 Å². The van der Waals surface area contributed by atoms with Gasteiger partial charge in [-0.15, -0.1) is 0 Å². The molecule has 0 radical (unpaired) electrons. The molecule has 1 aromatic carbocycles. The Morgan fingerprint density at radius 3 is 2.73 bits per heavy atom. The third-order valence-electron chi connectivity index (χ3n) is 4.94. The highest BCUT2D eigenvalue weighted by Crippen LogP contribution is 2.24. The van der Waals surface area contributed by atoms with Crippen molar-refractivity contribution in [1.29, 1.82) is 0 Å². The number of thioether (sulfide) groups is 1. The molecule has 0 saturated carbocycles. The third kappa shape index (κ3) is 3.21. The van der Waals surface area contributed by atoms with E-state index in [4.69, 9.17) is 0 Å².